The van der Waals surface area contributed by atoms with Crippen LogP contribution in [-0.4, -0.2) is 35.8 Å². The summed E-state index contributed by atoms with van der Waals surface area (Å²) >= 11 is 10.5. The van der Waals surface area contributed by atoms with Crippen molar-refractivity contribution < 1.29 is 0 Å². The molecule has 10 aromatic heterocycles. The molecule has 0 aliphatic rings. The summed E-state index contributed by atoms with van der Waals surface area (Å²) < 4.78 is 37.1. The Kier molecular flexibility index (Phi) is 15.8. The quantitative estimate of drug-likeness (QED) is 0.0438. The second kappa shape index (κ2) is 23.0. The van der Waals surface area contributed by atoms with Gasteiger partial charge in [0.25, 0.3) is 0 Å². The monoisotopic (exact) mass is 1100 g/mol. The summed E-state index contributed by atoms with van der Waals surface area (Å²) in [7, 11) is 0. The van der Waals surface area contributed by atoms with Crippen molar-refractivity contribution in [1.29, 1.82) is 0 Å². The molecule has 0 amide bonds. The van der Waals surface area contributed by atoms with Crippen molar-refractivity contribution in [3.63, 3.8) is 0 Å². The van der Waals surface area contributed by atoms with E-state index in [9.17, 15) is 0 Å². The maximum Gasteiger partial charge on any atom is 0.116 e. The van der Waals surface area contributed by atoms with Crippen LogP contribution in [0.3, 0.4) is 0 Å². The van der Waals surface area contributed by atoms with Crippen LogP contribution in [0.5, 0.6) is 0 Å². The third-order valence-corrected chi connectivity index (χ3v) is 21.7. The highest BCUT2D eigenvalue weighted by atomic mass is 32.1. The number of fused-ring (bicyclic) bond motifs is 20. The molecule has 0 aliphatic heterocycles. The van der Waals surface area contributed by atoms with E-state index in [4.69, 9.17) is 17.5 Å². The molecule has 74 heavy (non-hydrogen) atoms. The highest BCUT2D eigenvalue weighted by Gasteiger charge is 2.30. The molecule has 0 bridgehead atoms. The third-order valence-electron chi connectivity index (χ3n) is 16.4. The van der Waals surface area contributed by atoms with E-state index in [1.54, 1.807) is 0 Å². The van der Waals surface area contributed by atoms with E-state index in [0.717, 1.165) is 48.2 Å². The summed E-state index contributed by atoms with van der Waals surface area (Å²) in [5, 5.41) is 9.85. The van der Waals surface area contributed by atoms with Crippen LogP contribution in [0.25, 0.3) is 116 Å². The first-order valence-corrected chi connectivity index (χ1v) is 33.7. The molecule has 10 heterocycles. The fourth-order valence-electron chi connectivity index (χ4n) is 12.6. The first-order chi connectivity index (χ1) is 36.7. The van der Waals surface area contributed by atoms with E-state index in [1.807, 2.05) is 45.3 Å². The van der Waals surface area contributed by atoms with Crippen LogP contribution in [-0.2, 0) is 26.2 Å². The number of benzene rings is 2. The van der Waals surface area contributed by atoms with Gasteiger partial charge in [-0.05, 0) is 60.7 Å². The maximum absolute atomic E-state index is 5.21. The van der Waals surface area contributed by atoms with Crippen molar-refractivity contribution in [3.05, 3.63) is 35.0 Å². The molecule has 0 saturated heterocycles. The summed E-state index contributed by atoms with van der Waals surface area (Å²) in [5.41, 5.74) is 15.4. The molecule has 0 N–H and O–H groups in total. The average molecular weight is 1100 g/mol. The Morgan fingerprint density at radius 3 is 0.946 bits per heavy atom. The van der Waals surface area contributed by atoms with Crippen molar-refractivity contribution in [2.45, 2.75) is 208 Å². The third kappa shape index (κ3) is 9.04. The largest absolute Gasteiger partial charge is 0.338 e. The van der Waals surface area contributed by atoms with Crippen LogP contribution in [0, 0.1) is 0 Å². The van der Waals surface area contributed by atoms with Gasteiger partial charge in [0.15, 0.2) is 0 Å². The standard InChI is InChI=1S/C60H74N8S6/c1-5-9-13-17-21-25-31-65-39-29-35-69-57(39)45-49-51(63-73-61-49)47-55(53(45)65)67(33-27-23-19-15-11-7-3)41-37-43(71-59(41)47)44-38-42-60(72-44)48-52-50(62-74-64-52)46-54(56(48)68(42)34-28-24-20-16-12-8-4)66(40-30-36-70-58(40)46)32-26-22-18-14-10-6-2/h29-30,35-38H,5-28,31-34H2,1-4H3. The predicted molar refractivity (Wildman–Crippen MR) is 331 cm³/mol. The lowest BCUT2D eigenvalue weighted by Crippen LogP contribution is -2.03. The van der Waals surface area contributed by atoms with Gasteiger partial charge in [0.1, 0.15) is 22.1 Å². The van der Waals surface area contributed by atoms with E-state index < -0.39 is 0 Å². The summed E-state index contributed by atoms with van der Waals surface area (Å²) in [6, 6.07) is 9.88. The number of hydrogen-bond donors (Lipinski definition) is 0. The molecule has 2 aromatic carbocycles. The molecule has 0 spiro atoms. The van der Waals surface area contributed by atoms with Gasteiger partial charge in [-0.1, -0.05) is 156 Å². The number of aromatic nitrogens is 8. The minimum atomic E-state index is 1.01. The number of aryl methyl sites for hydroxylation is 4. The topological polar surface area (TPSA) is 71.3 Å². The Labute approximate surface area is 460 Å². The highest BCUT2D eigenvalue weighted by Crippen LogP contribution is 2.53. The second-order valence-electron chi connectivity index (χ2n) is 21.4. The number of unbranched alkanes of at least 4 members (excludes halogenated alkanes) is 20. The van der Waals surface area contributed by atoms with E-state index >= 15 is 0 Å². The summed E-state index contributed by atoms with van der Waals surface area (Å²) in [6.45, 7) is 13.4. The number of thiophene rings is 4. The summed E-state index contributed by atoms with van der Waals surface area (Å²) in [5.74, 6) is 0. The average Bonchev–Trinajstić information content (AvgIpc) is 4.32. The van der Waals surface area contributed by atoms with Gasteiger partial charge in [-0.2, -0.15) is 17.5 Å². The molecular weight excluding hydrogens is 1030 g/mol. The van der Waals surface area contributed by atoms with E-state index in [0.29, 0.717) is 0 Å². The first-order valence-electron chi connectivity index (χ1n) is 28.9. The lowest BCUT2D eigenvalue weighted by Gasteiger charge is -2.13. The van der Waals surface area contributed by atoms with Crippen LogP contribution in [0.1, 0.15) is 182 Å². The number of hydrogen-bond acceptors (Lipinski definition) is 10. The van der Waals surface area contributed by atoms with Crippen molar-refractivity contribution >= 4 is 175 Å². The minimum Gasteiger partial charge on any atom is -0.338 e. The van der Waals surface area contributed by atoms with Crippen LogP contribution in [0.15, 0.2) is 35.0 Å². The molecule has 0 fully saturated rings. The van der Waals surface area contributed by atoms with E-state index in [2.05, 4.69) is 81.0 Å². The zero-order valence-electron chi connectivity index (χ0n) is 44.3. The molecule has 14 heteroatoms. The molecule has 0 unspecified atom stereocenters. The molecule has 0 atom stereocenters. The van der Waals surface area contributed by atoms with Gasteiger partial charge in [-0.15, -0.1) is 45.3 Å². The Morgan fingerprint density at radius 2 is 0.622 bits per heavy atom. The van der Waals surface area contributed by atoms with E-state index in [-0.39, 0.29) is 0 Å². The second-order valence-corrected chi connectivity index (χ2v) is 26.4. The predicted octanol–water partition coefficient (Wildman–Crippen LogP) is 21.5. The van der Waals surface area contributed by atoms with Crippen LogP contribution in [0.2, 0.25) is 0 Å². The Bertz CT molecular complexity index is 3600. The normalized spacial score (nSPS) is 12.8. The molecule has 12 aromatic rings. The fraction of sp³-hybridized carbons (Fsp3) is 0.533. The van der Waals surface area contributed by atoms with Crippen molar-refractivity contribution in [1.82, 2.24) is 35.8 Å². The van der Waals surface area contributed by atoms with Gasteiger partial charge < -0.3 is 18.3 Å². The van der Waals surface area contributed by atoms with Crippen LogP contribution < -0.4 is 0 Å². The van der Waals surface area contributed by atoms with Gasteiger partial charge in [-0.3, -0.25) is 0 Å². The SMILES string of the molecule is CCCCCCCCn1c2ccsc2c2c3nsnc3c3c4sc(-c5cc6c(s5)c5c7nsnc7c7c8sccc8n(CCCCCCCC)c7c5n6CCCCCCCC)cc4n(CCCCCCCC)c3c21. The molecule has 390 valence electrons. The van der Waals surface area contributed by atoms with Crippen molar-refractivity contribution in [2.75, 3.05) is 0 Å². The Morgan fingerprint density at radius 1 is 0.338 bits per heavy atom. The lowest BCUT2D eigenvalue weighted by atomic mass is 10.1. The van der Waals surface area contributed by atoms with Crippen molar-refractivity contribution in [2.24, 2.45) is 0 Å². The number of rotatable bonds is 29. The molecule has 0 saturated carbocycles. The Balaban J connectivity index is 1.03. The zero-order valence-corrected chi connectivity index (χ0v) is 49.2. The zero-order chi connectivity index (χ0) is 50.1. The van der Waals surface area contributed by atoms with Gasteiger partial charge in [0, 0.05) is 57.5 Å². The molecular formula is C60H74N8S6. The van der Waals surface area contributed by atoms with Crippen LogP contribution >= 0.6 is 68.8 Å². The smallest absolute Gasteiger partial charge is 0.116 e. The molecule has 0 aliphatic carbocycles. The summed E-state index contributed by atoms with van der Waals surface area (Å²) in [4.78, 5) is 2.71. The van der Waals surface area contributed by atoms with Gasteiger partial charge in [0.05, 0.1) is 86.4 Å². The van der Waals surface area contributed by atoms with E-state index in [1.165, 1.54) is 272 Å². The number of nitrogens with zero attached hydrogens (tertiary/aromatic N) is 8. The highest BCUT2D eigenvalue weighted by molar-refractivity contribution is 7.29. The Hall–Kier alpha value is -3.92. The summed E-state index contributed by atoms with van der Waals surface area (Å²) in [6.07, 6.45) is 30.8. The molecule has 0 radical (unpaired) electrons. The molecule has 12 rings (SSSR count). The maximum atomic E-state index is 5.21. The van der Waals surface area contributed by atoms with Gasteiger partial charge in [-0.25, -0.2) is 0 Å². The minimum absolute atomic E-state index is 1.01. The van der Waals surface area contributed by atoms with Gasteiger partial charge in [0.2, 0.25) is 0 Å². The van der Waals surface area contributed by atoms with Gasteiger partial charge >= 0.3 is 0 Å². The van der Waals surface area contributed by atoms with Crippen LogP contribution in [0.4, 0.5) is 0 Å². The lowest BCUT2D eigenvalue weighted by molar-refractivity contribution is 0.567. The van der Waals surface area contributed by atoms with Crippen molar-refractivity contribution in [3.8, 4) is 9.75 Å². The first kappa shape index (κ1) is 50.9. The molecule has 8 nitrogen and oxygen atoms in total. The fourth-order valence-corrected chi connectivity index (χ4v) is 18.1.